The molecule has 0 fully saturated rings. The van der Waals surface area contributed by atoms with Crippen LogP contribution in [0.15, 0.2) is 357 Å². The molecule has 20 aromatic carbocycles. The molecule has 0 unspecified atom stereocenters. The van der Waals surface area contributed by atoms with E-state index in [0.717, 1.165) is 184 Å². The highest BCUT2D eigenvalue weighted by atomic mass is 16.3. The molecule has 8 heteroatoms. The average molecular weight is 1880 g/mol. The molecule has 4 aromatic heterocycles. The molecule has 24 rings (SSSR count). The summed E-state index contributed by atoms with van der Waals surface area (Å²) < 4.78 is 28.5. The molecule has 4 heterocycles. The monoisotopic (exact) mass is 1880 g/mol. The minimum Gasteiger partial charge on any atom is -0.454 e. The molecule has 0 aliphatic heterocycles. The molecule has 0 N–H and O–H groups in total. The van der Waals surface area contributed by atoms with E-state index in [4.69, 9.17) is 17.7 Å². The molecular formula is C136H128N4O4. The van der Waals surface area contributed by atoms with Crippen LogP contribution < -0.4 is 19.6 Å². The molecule has 0 saturated heterocycles. The number of furan rings is 4. The molecule has 0 spiro atoms. The number of rotatable bonds is 18. The minimum absolute atomic E-state index is 0.00395. The maximum Gasteiger partial charge on any atom is 0.159 e. The van der Waals surface area contributed by atoms with Crippen LogP contribution in [-0.2, 0) is 45.3 Å². The lowest BCUT2D eigenvalue weighted by atomic mass is 9.86. The number of hydrogen-bond donors (Lipinski definition) is 0. The van der Waals surface area contributed by atoms with E-state index in [2.05, 4.69) is 498 Å². The summed E-state index contributed by atoms with van der Waals surface area (Å²) >= 11 is 0. The predicted molar refractivity (Wildman–Crippen MR) is 618 cm³/mol. The zero-order valence-corrected chi connectivity index (χ0v) is 87.0. The van der Waals surface area contributed by atoms with Crippen LogP contribution in [-0.4, -0.2) is 0 Å². The summed E-state index contributed by atoms with van der Waals surface area (Å²) in [5.74, 6) is 0. The van der Waals surface area contributed by atoms with Crippen molar-refractivity contribution in [2.45, 2.75) is 209 Å². The molecular weight excluding hydrogens is 1750 g/mol. The first-order valence-electron chi connectivity index (χ1n) is 52.0. The van der Waals surface area contributed by atoms with Crippen molar-refractivity contribution < 1.29 is 17.7 Å². The number of anilines is 12. The van der Waals surface area contributed by atoms with Crippen LogP contribution in [0.1, 0.15) is 209 Å². The maximum atomic E-state index is 7.14. The standard InChI is InChI=1S/2C68H64N2O2/c1-65(2,3)43-29-33-45(34-30-43)69(57-23-15-19-49-47-17-13-21-53(67(7,8)9)61(47)71-63(49)57)55-39-27-41-26-38-52-56(40-28-42-25-37-51(55)59(41)60(42)52)70(46-35-31-44(32-36-46)66(4,5)6)58-24-16-20-50-48-18-14-22-54(68(10,11)12)62(48)72-64(50)58;1-9-11-17-45-19-13-21-51-53-23-15-25-59(65(53)71-63(45)51)69(49-35-31-47(32-36-49)67(3,4)5)57-41-29-43-28-40-56-58(42-30-44-27-39-55(57)61(43)62(44)56)70(50-37-33-48(34-38-50)68(6,7)8)60-26-16-24-54-52-22-14-20-46(18-12-10-2)64(52)72-66(54)60/h13-40H,1-12H3;13-16,19-42H,9-12,17-18H2,1-8H3. The Labute approximate surface area is 845 Å². The molecule has 0 atom stereocenters. The second-order valence-corrected chi connectivity index (χ2v) is 46.4. The fourth-order valence-corrected chi connectivity index (χ4v) is 22.7. The van der Waals surface area contributed by atoms with E-state index in [1.54, 1.807) is 0 Å². The van der Waals surface area contributed by atoms with Gasteiger partial charge in [-0.1, -0.05) is 394 Å². The van der Waals surface area contributed by atoms with Crippen molar-refractivity contribution in [3.8, 4) is 0 Å². The number of aryl methyl sites for hydroxylation is 2. The first kappa shape index (κ1) is 92.6. The van der Waals surface area contributed by atoms with Crippen molar-refractivity contribution in [2.75, 3.05) is 19.6 Å². The quantitative estimate of drug-likeness (QED) is 0.0788. The molecule has 8 nitrogen and oxygen atoms in total. The Bertz CT molecular complexity index is 8560. The summed E-state index contributed by atoms with van der Waals surface area (Å²) in [5.41, 5.74) is 30.1. The van der Waals surface area contributed by atoms with Gasteiger partial charge >= 0.3 is 0 Å². The number of benzene rings is 20. The van der Waals surface area contributed by atoms with Gasteiger partial charge in [0.25, 0.3) is 0 Å². The summed E-state index contributed by atoms with van der Waals surface area (Å²) in [6.07, 6.45) is 6.50. The SMILES string of the molecule is CC(C)(C)c1ccc(N(c2ccc3ccc4c(N(c5ccc(C(C)(C)C)cc5)c5cccc6c5oc5c(C(C)(C)C)cccc56)ccc5ccc2c3c54)c2cccc3c2oc2c(C(C)(C)C)cccc23)cc1.CCCCc1cccc2c1oc1c(N(c3ccc(C(C)(C)C)cc3)c3ccc4ccc5c(N(c6ccc(C(C)(C)C)cc6)c6cccc7c6oc6c(CCCC)cccc67)ccc6ccc3c4c65)cccc12. The van der Waals surface area contributed by atoms with Gasteiger partial charge in [0.15, 0.2) is 22.3 Å². The number of unbranched alkanes of at least 4 members (excludes halogenated alkanes) is 2. The van der Waals surface area contributed by atoms with Crippen LogP contribution in [0, 0.1) is 0 Å². The third-order valence-corrected chi connectivity index (χ3v) is 30.5. The summed E-state index contributed by atoms with van der Waals surface area (Å²) in [6.45, 7) is 45.4. The smallest absolute Gasteiger partial charge is 0.159 e. The van der Waals surface area contributed by atoms with Crippen molar-refractivity contribution in [1.82, 2.24) is 0 Å². The second-order valence-electron chi connectivity index (χ2n) is 46.4. The zero-order chi connectivity index (χ0) is 99.7. The molecule has 0 radical (unpaired) electrons. The number of hydrogen-bond acceptors (Lipinski definition) is 8. The van der Waals surface area contributed by atoms with E-state index < -0.39 is 0 Å². The first-order chi connectivity index (χ1) is 69.2. The maximum absolute atomic E-state index is 7.14. The van der Waals surface area contributed by atoms with Gasteiger partial charge in [-0.3, -0.25) is 0 Å². The third kappa shape index (κ3) is 15.8. The Morgan fingerprint density at radius 2 is 0.389 bits per heavy atom. The topological polar surface area (TPSA) is 65.5 Å². The van der Waals surface area contributed by atoms with Crippen LogP contribution in [0.5, 0.6) is 0 Å². The van der Waals surface area contributed by atoms with Gasteiger partial charge in [-0.25, -0.2) is 0 Å². The van der Waals surface area contributed by atoms with Crippen molar-refractivity contribution in [2.24, 2.45) is 0 Å². The highest BCUT2D eigenvalue weighted by Gasteiger charge is 2.34. The Kier molecular flexibility index (Phi) is 22.4. The van der Waals surface area contributed by atoms with Crippen molar-refractivity contribution >= 4 is 221 Å². The molecule has 716 valence electrons. The van der Waals surface area contributed by atoms with Gasteiger partial charge in [-0.05, 0) is 232 Å². The highest BCUT2D eigenvalue weighted by molar-refractivity contribution is 6.31. The predicted octanol–water partition coefficient (Wildman–Crippen LogP) is 41.1. The largest absolute Gasteiger partial charge is 0.454 e. The third-order valence-electron chi connectivity index (χ3n) is 30.5. The first-order valence-corrected chi connectivity index (χ1v) is 52.0. The number of nitrogens with zero attached hydrogens (tertiary/aromatic N) is 4. The van der Waals surface area contributed by atoms with Crippen LogP contribution in [0.2, 0.25) is 0 Å². The van der Waals surface area contributed by atoms with Crippen LogP contribution in [0.3, 0.4) is 0 Å². The summed E-state index contributed by atoms with van der Waals surface area (Å²) in [5, 5.41) is 23.5. The zero-order valence-electron chi connectivity index (χ0n) is 87.0. The van der Waals surface area contributed by atoms with Crippen molar-refractivity contribution in [3.63, 3.8) is 0 Å². The van der Waals surface area contributed by atoms with Crippen molar-refractivity contribution in [1.29, 1.82) is 0 Å². The van der Waals surface area contributed by atoms with Gasteiger partial charge in [0.1, 0.15) is 22.3 Å². The number of fused-ring (bicyclic) bond motifs is 12. The summed E-state index contributed by atoms with van der Waals surface area (Å²) in [6, 6.07) is 127. The molecule has 0 aliphatic rings. The van der Waals surface area contributed by atoms with E-state index >= 15 is 0 Å². The highest BCUT2D eigenvalue weighted by Crippen LogP contribution is 2.56. The Balaban J connectivity index is 0.000000159. The van der Waals surface area contributed by atoms with E-state index in [1.165, 1.54) is 120 Å². The van der Waals surface area contributed by atoms with Gasteiger partial charge in [-0.2, -0.15) is 0 Å². The molecule has 0 saturated carbocycles. The van der Waals surface area contributed by atoms with Crippen LogP contribution >= 0.6 is 0 Å². The summed E-state index contributed by atoms with van der Waals surface area (Å²) in [4.78, 5) is 9.74. The molecule has 0 amide bonds. The van der Waals surface area contributed by atoms with Crippen LogP contribution in [0.4, 0.5) is 68.2 Å². The van der Waals surface area contributed by atoms with E-state index in [1.807, 2.05) is 0 Å². The van der Waals surface area contributed by atoms with Gasteiger partial charge < -0.3 is 37.3 Å². The molecule has 144 heavy (non-hydrogen) atoms. The Morgan fingerprint density at radius 1 is 0.181 bits per heavy atom. The van der Waals surface area contributed by atoms with Gasteiger partial charge in [0.2, 0.25) is 0 Å². The lowest BCUT2D eigenvalue weighted by Crippen LogP contribution is -2.14. The second kappa shape index (κ2) is 34.9. The van der Waals surface area contributed by atoms with Gasteiger partial charge in [-0.15, -0.1) is 0 Å². The van der Waals surface area contributed by atoms with Gasteiger partial charge in [0.05, 0.1) is 45.5 Å². The minimum atomic E-state index is -0.0965. The van der Waals surface area contributed by atoms with E-state index in [9.17, 15) is 0 Å². The normalized spacial score (nSPS) is 12.8. The van der Waals surface area contributed by atoms with E-state index in [-0.39, 0.29) is 32.5 Å². The average Bonchev–Trinajstić information content (AvgIpc) is 0.890. The van der Waals surface area contributed by atoms with Crippen LogP contribution in [0.25, 0.3) is 152 Å². The molecule has 0 bridgehead atoms. The molecule has 0 aliphatic carbocycles. The van der Waals surface area contributed by atoms with Crippen molar-refractivity contribution in [3.05, 3.63) is 384 Å². The fourth-order valence-electron chi connectivity index (χ4n) is 22.7. The number of para-hydroxylation sites is 8. The molecule has 24 aromatic rings. The fraction of sp³-hybridized carbons (Fsp3) is 0.235. The Morgan fingerprint density at radius 3 is 0.618 bits per heavy atom. The Hall–Kier alpha value is -15.1. The van der Waals surface area contributed by atoms with Gasteiger partial charge in [0, 0.05) is 98.5 Å². The lowest BCUT2D eigenvalue weighted by molar-refractivity contribution is 0.572. The lowest BCUT2D eigenvalue weighted by Gasteiger charge is -2.30. The van der Waals surface area contributed by atoms with E-state index in [0.29, 0.717) is 0 Å². The summed E-state index contributed by atoms with van der Waals surface area (Å²) in [7, 11) is 0.